The second-order valence-electron chi connectivity index (χ2n) is 15.3. The van der Waals surface area contributed by atoms with Crippen molar-refractivity contribution in [2.45, 2.75) is 154 Å². The fourth-order valence-electron chi connectivity index (χ4n) is 5.34. The first-order chi connectivity index (χ1) is 27.0. The zero-order valence-electron chi connectivity index (χ0n) is 36.0. The lowest BCUT2D eigenvalue weighted by molar-refractivity contribution is -0.870. The van der Waals surface area contributed by atoms with Crippen LogP contribution in [0.15, 0.2) is 97.2 Å². The molecule has 3 unspecified atom stereocenters. The molecule has 0 aromatic rings. The van der Waals surface area contributed by atoms with E-state index < -0.39 is 26.6 Å². The first kappa shape index (κ1) is 53.4. The summed E-state index contributed by atoms with van der Waals surface area (Å²) in [5.74, 6) is -0.231. The number of carbonyl (C=O) groups is 1. The maximum absolute atomic E-state index is 12.8. The predicted molar refractivity (Wildman–Crippen MR) is 237 cm³/mol. The molecule has 0 aromatic heterocycles. The summed E-state index contributed by atoms with van der Waals surface area (Å²) in [4.78, 5) is 25.2. The molecule has 0 spiro atoms. The number of rotatable bonds is 37. The molecule has 0 aliphatic carbocycles. The number of allylic oxidation sites excluding steroid dienone is 15. The van der Waals surface area contributed by atoms with Crippen LogP contribution >= 0.6 is 7.82 Å². The van der Waals surface area contributed by atoms with Gasteiger partial charge in [-0.25, -0.2) is 0 Å². The van der Waals surface area contributed by atoms with Crippen molar-refractivity contribution in [3.05, 3.63) is 97.2 Å². The minimum atomic E-state index is -4.60. The van der Waals surface area contributed by atoms with Crippen molar-refractivity contribution in [3.63, 3.8) is 0 Å². The number of amides is 1. The predicted octanol–water partition coefficient (Wildman–Crippen LogP) is 11.3. The van der Waals surface area contributed by atoms with Gasteiger partial charge in [-0.1, -0.05) is 150 Å². The maximum atomic E-state index is 12.8. The number of aliphatic hydroxyl groups is 1. The van der Waals surface area contributed by atoms with Crippen LogP contribution < -0.4 is 10.2 Å². The topological polar surface area (TPSA) is 108 Å². The van der Waals surface area contributed by atoms with E-state index in [2.05, 4.69) is 104 Å². The number of hydrogen-bond acceptors (Lipinski definition) is 6. The molecule has 0 aromatic carbocycles. The van der Waals surface area contributed by atoms with Gasteiger partial charge in [0.25, 0.3) is 7.82 Å². The van der Waals surface area contributed by atoms with Crippen LogP contribution in [-0.2, 0) is 18.4 Å². The minimum Gasteiger partial charge on any atom is -0.756 e. The highest BCUT2D eigenvalue weighted by Gasteiger charge is 2.23. The molecule has 0 radical (unpaired) electrons. The third-order valence-electron chi connectivity index (χ3n) is 8.78. The van der Waals surface area contributed by atoms with E-state index in [0.29, 0.717) is 17.4 Å². The van der Waals surface area contributed by atoms with Crippen LogP contribution in [0.25, 0.3) is 0 Å². The number of hydrogen-bond donors (Lipinski definition) is 2. The Hall–Kier alpha value is -2.58. The average molecular weight is 801 g/mol. The molecule has 0 rings (SSSR count). The molecule has 0 bridgehead atoms. The number of carbonyl (C=O) groups excluding carboxylic acids is 1. The number of aliphatic hydroxyl groups excluding tert-OH is 1. The highest BCUT2D eigenvalue weighted by atomic mass is 31.2. The number of phosphoric ester groups is 1. The summed E-state index contributed by atoms with van der Waals surface area (Å²) >= 11 is 0. The molecular weight excluding hydrogens is 719 g/mol. The lowest BCUT2D eigenvalue weighted by atomic mass is 10.1. The Labute approximate surface area is 343 Å². The number of likely N-dealkylation sites (N-methyl/N-ethyl adjacent to an activating group) is 1. The van der Waals surface area contributed by atoms with E-state index >= 15 is 0 Å². The zero-order chi connectivity index (χ0) is 41.4. The first-order valence-corrected chi connectivity index (χ1v) is 23.1. The van der Waals surface area contributed by atoms with Gasteiger partial charge >= 0.3 is 0 Å². The van der Waals surface area contributed by atoms with E-state index in [1.54, 1.807) is 6.08 Å². The number of nitrogens with zero attached hydrogens (tertiary/aromatic N) is 1. The quantitative estimate of drug-likeness (QED) is 0.0280. The Morgan fingerprint density at radius 2 is 1.11 bits per heavy atom. The van der Waals surface area contributed by atoms with E-state index in [0.717, 1.165) is 103 Å². The van der Waals surface area contributed by atoms with Gasteiger partial charge in [-0.2, -0.15) is 0 Å². The lowest BCUT2D eigenvalue weighted by Gasteiger charge is -2.29. The molecule has 56 heavy (non-hydrogen) atoms. The summed E-state index contributed by atoms with van der Waals surface area (Å²) in [7, 11) is 1.21. The number of quaternary nitrogens is 1. The van der Waals surface area contributed by atoms with E-state index in [1.165, 1.54) is 19.3 Å². The SMILES string of the molecule is CC/C=C\C/C=C\C/C=C\C/C=C\C/C=C\C/C=C\CCCCCCCCC(=O)NC(COP(=O)([O-])OCC[N+](C)(C)C)C(O)/C=C/CC/C=C/CCCCC. The maximum Gasteiger partial charge on any atom is 0.268 e. The average Bonchev–Trinajstić information content (AvgIpc) is 3.15. The van der Waals surface area contributed by atoms with Gasteiger partial charge in [-0.05, 0) is 83.5 Å². The monoisotopic (exact) mass is 801 g/mol. The molecular formula is C47H81N2O6P. The molecule has 2 N–H and O–H groups in total. The van der Waals surface area contributed by atoms with Crippen LogP contribution in [-0.4, -0.2) is 68.5 Å². The number of unbranched alkanes of at least 4 members (excludes halogenated alkanes) is 10. The smallest absolute Gasteiger partial charge is 0.268 e. The second kappa shape index (κ2) is 38.0. The van der Waals surface area contributed by atoms with Crippen LogP contribution in [0.3, 0.4) is 0 Å². The van der Waals surface area contributed by atoms with Gasteiger partial charge in [0.2, 0.25) is 5.91 Å². The molecule has 0 saturated heterocycles. The van der Waals surface area contributed by atoms with Crippen LogP contribution in [0.1, 0.15) is 142 Å². The summed E-state index contributed by atoms with van der Waals surface area (Å²) in [6.45, 7) is 4.40. The molecule has 1 amide bonds. The molecule has 3 atom stereocenters. The molecule has 320 valence electrons. The first-order valence-electron chi connectivity index (χ1n) is 21.6. The van der Waals surface area contributed by atoms with E-state index in [1.807, 2.05) is 27.2 Å². The Morgan fingerprint density at radius 1 is 0.643 bits per heavy atom. The minimum absolute atomic E-state index is 0.0156. The summed E-state index contributed by atoms with van der Waals surface area (Å²) in [5.41, 5.74) is 0. The fraction of sp³-hybridized carbons (Fsp3) is 0.638. The fourth-order valence-corrected chi connectivity index (χ4v) is 6.07. The third kappa shape index (κ3) is 39.6. The van der Waals surface area contributed by atoms with Crippen molar-refractivity contribution in [2.75, 3.05) is 40.9 Å². The molecule has 0 fully saturated rings. The summed E-state index contributed by atoms with van der Waals surface area (Å²) in [6, 6.07) is -0.915. The summed E-state index contributed by atoms with van der Waals surface area (Å²) in [6.07, 6.45) is 53.3. The van der Waals surface area contributed by atoms with E-state index in [-0.39, 0.29) is 12.5 Å². The van der Waals surface area contributed by atoms with Gasteiger partial charge in [0.15, 0.2) is 0 Å². The lowest BCUT2D eigenvalue weighted by Crippen LogP contribution is -2.45. The molecule has 0 aliphatic rings. The standard InChI is InChI=1S/C47H81N2O6P/c1-6-8-10-12-14-16-17-18-19-20-21-22-23-24-25-26-27-28-29-30-31-33-35-37-39-41-47(51)48-45(44-55-56(52,53)54-43-42-49(3,4)5)46(50)40-38-36-34-32-15-13-11-9-7-2/h8,10,14-16,18-19,21-22,24-25,27-28,32,38,40,45-46,50H,6-7,9,11-13,17,20,23,26,29-31,33-37,39,41-44H2,1-5H3,(H-,48,51,52,53)/b10-8-,16-14-,19-18-,22-21-,25-24-,28-27-,32-15+,40-38+. The van der Waals surface area contributed by atoms with Crippen molar-refractivity contribution in [2.24, 2.45) is 0 Å². The van der Waals surface area contributed by atoms with Crippen LogP contribution in [0.2, 0.25) is 0 Å². The van der Waals surface area contributed by atoms with Crippen LogP contribution in [0.5, 0.6) is 0 Å². The molecule has 9 heteroatoms. The van der Waals surface area contributed by atoms with E-state index in [4.69, 9.17) is 9.05 Å². The van der Waals surface area contributed by atoms with Crippen molar-refractivity contribution < 1.29 is 32.9 Å². The highest BCUT2D eigenvalue weighted by molar-refractivity contribution is 7.45. The Bertz CT molecular complexity index is 1230. The van der Waals surface area contributed by atoms with Crippen molar-refractivity contribution >= 4 is 13.7 Å². The Kier molecular flexibility index (Phi) is 36.2. The van der Waals surface area contributed by atoms with Gasteiger partial charge in [0.1, 0.15) is 13.2 Å². The number of phosphoric acid groups is 1. The van der Waals surface area contributed by atoms with Gasteiger partial charge in [-0.15, -0.1) is 0 Å². The second-order valence-corrected chi connectivity index (χ2v) is 16.7. The Balaban J connectivity index is 4.35. The largest absolute Gasteiger partial charge is 0.756 e. The van der Waals surface area contributed by atoms with Crippen LogP contribution in [0, 0.1) is 0 Å². The molecule has 0 saturated carbocycles. The molecule has 0 heterocycles. The summed E-state index contributed by atoms with van der Waals surface area (Å²) in [5, 5.41) is 13.7. The number of nitrogens with one attached hydrogen (secondary N) is 1. The van der Waals surface area contributed by atoms with Gasteiger partial charge in [-0.3, -0.25) is 9.36 Å². The highest BCUT2D eigenvalue weighted by Crippen LogP contribution is 2.38. The molecule has 0 aliphatic heterocycles. The third-order valence-corrected chi connectivity index (χ3v) is 9.74. The van der Waals surface area contributed by atoms with Gasteiger partial charge < -0.3 is 28.8 Å². The van der Waals surface area contributed by atoms with Gasteiger partial charge in [0, 0.05) is 6.42 Å². The van der Waals surface area contributed by atoms with E-state index in [9.17, 15) is 19.4 Å². The summed E-state index contributed by atoms with van der Waals surface area (Å²) < 4.78 is 23.1. The van der Waals surface area contributed by atoms with Crippen molar-refractivity contribution in [1.82, 2.24) is 5.32 Å². The zero-order valence-corrected chi connectivity index (χ0v) is 36.9. The van der Waals surface area contributed by atoms with Crippen LogP contribution in [0.4, 0.5) is 0 Å². The van der Waals surface area contributed by atoms with Gasteiger partial charge in [0.05, 0.1) is 39.9 Å². The van der Waals surface area contributed by atoms with Crippen molar-refractivity contribution in [3.8, 4) is 0 Å². The Morgan fingerprint density at radius 3 is 1.66 bits per heavy atom. The normalized spacial score (nSPS) is 15.3. The van der Waals surface area contributed by atoms with Crippen molar-refractivity contribution in [1.29, 1.82) is 0 Å². The molecule has 8 nitrogen and oxygen atoms in total.